The number of hydrogen-bond donors (Lipinski definition) is 0. The van der Waals surface area contributed by atoms with Crippen molar-refractivity contribution in [3.63, 3.8) is 0 Å². The zero-order chi connectivity index (χ0) is 12.5. The van der Waals surface area contributed by atoms with Crippen LogP contribution in [0.5, 0.6) is 0 Å². The van der Waals surface area contributed by atoms with Crippen LogP contribution >= 0.6 is 15.9 Å². The molecule has 3 heteroatoms. The molecule has 3 aliphatic rings. The van der Waals surface area contributed by atoms with Crippen molar-refractivity contribution in [1.82, 2.24) is 4.90 Å². The number of carbonyl (C=O) groups excluding carboxylic acids is 1. The average molecular weight is 314 g/mol. The smallest absolute Gasteiger partial charge is 0.223 e. The maximum absolute atomic E-state index is 12.4. The Morgan fingerprint density at radius 3 is 2.28 bits per heavy atom. The van der Waals surface area contributed by atoms with Gasteiger partial charge in [0.05, 0.1) is 0 Å². The van der Waals surface area contributed by atoms with Gasteiger partial charge in [-0.05, 0) is 38.0 Å². The molecular weight excluding hydrogens is 290 g/mol. The molecule has 0 aromatic carbocycles. The van der Waals surface area contributed by atoms with E-state index >= 15 is 0 Å². The Morgan fingerprint density at radius 1 is 1.06 bits per heavy atom. The second kappa shape index (κ2) is 5.52. The molecule has 0 aromatic heterocycles. The molecule has 1 saturated carbocycles. The van der Waals surface area contributed by atoms with Gasteiger partial charge in [-0.3, -0.25) is 4.79 Å². The molecule has 2 saturated heterocycles. The highest BCUT2D eigenvalue weighted by Crippen LogP contribution is 2.39. The van der Waals surface area contributed by atoms with Gasteiger partial charge in [0.15, 0.2) is 0 Å². The summed E-state index contributed by atoms with van der Waals surface area (Å²) in [5.74, 6) is 1.30. The minimum Gasteiger partial charge on any atom is -0.337 e. The summed E-state index contributed by atoms with van der Waals surface area (Å²) in [6.45, 7) is 0. The van der Waals surface area contributed by atoms with Gasteiger partial charge in [0.25, 0.3) is 0 Å². The number of nitrogens with zero attached hydrogens (tertiary/aromatic N) is 1. The number of piperidine rings is 1. The molecule has 3 rings (SSSR count). The SMILES string of the molecule is O=C(CCC1CCCC1)N1C2CCC1CC(Br)C2. The highest BCUT2D eigenvalue weighted by atomic mass is 79.9. The standard InChI is InChI=1S/C15H24BrNO/c16-12-9-13-6-7-14(10-12)17(13)15(18)8-5-11-3-1-2-4-11/h11-14H,1-10H2. The molecule has 1 aliphatic carbocycles. The largest absolute Gasteiger partial charge is 0.337 e. The van der Waals surface area contributed by atoms with E-state index in [2.05, 4.69) is 20.8 Å². The molecule has 2 atom stereocenters. The number of alkyl halides is 1. The first kappa shape index (κ1) is 13.0. The van der Waals surface area contributed by atoms with E-state index in [4.69, 9.17) is 0 Å². The van der Waals surface area contributed by atoms with Crippen molar-refractivity contribution in [2.24, 2.45) is 5.92 Å². The van der Waals surface area contributed by atoms with E-state index in [-0.39, 0.29) is 0 Å². The number of carbonyl (C=O) groups is 1. The van der Waals surface area contributed by atoms with E-state index in [0.717, 1.165) is 18.8 Å². The van der Waals surface area contributed by atoms with Gasteiger partial charge in [-0.2, -0.15) is 0 Å². The van der Waals surface area contributed by atoms with Crippen molar-refractivity contribution in [3.8, 4) is 0 Å². The molecule has 2 bridgehead atoms. The topological polar surface area (TPSA) is 20.3 Å². The molecule has 2 nitrogen and oxygen atoms in total. The summed E-state index contributed by atoms with van der Waals surface area (Å²) >= 11 is 3.74. The first-order chi connectivity index (χ1) is 8.74. The van der Waals surface area contributed by atoms with Crippen LogP contribution in [0.3, 0.4) is 0 Å². The lowest BCUT2D eigenvalue weighted by atomic mass is 9.98. The summed E-state index contributed by atoms with van der Waals surface area (Å²) in [7, 11) is 0. The molecule has 0 N–H and O–H groups in total. The summed E-state index contributed by atoms with van der Waals surface area (Å²) in [4.78, 5) is 15.3. The van der Waals surface area contributed by atoms with E-state index in [9.17, 15) is 4.79 Å². The van der Waals surface area contributed by atoms with Crippen LogP contribution < -0.4 is 0 Å². The molecule has 0 radical (unpaired) electrons. The van der Waals surface area contributed by atoms with Crippen molar-refractivity contribution in [2.45, 2.75) is 81.1 Å². The Bertz CT molecular complexity index is 300. The predicted octanol–water partition coefficient (Wildman–Crippen LogP) is 3.87. The van der Waals surface area contributed by atoms with Gasteiger partial charge < -0.3 is 4.90 Å². The fourth-order valence-electron chi connectivity index (χ4n) is 4.27. The van der Waals surface area contributed by atoms with Gasteiger partial charge in [0, 0.05) is 23.3 Å². The molecule has 102 valence electrons. The molecular formula is C15H24BrNO. The van der Waals surface area contributed by atoms with Gasteiger partial charge in [0.2, 0.25) is 5.91 Å². The number of hydrogen-bond acceptors (Lipinski definition) is 1. The third-order valence-electron chi connectivity index (χ3n) is 5.20. The van der Waals surface area contributed by atoms with E-state index in [1.807, 2.05) is 0 Å². The minimum absolute atomic E-state index is 0.453. The van der Waals surface area contributed by atoms with Crippen LogP contribution in [0.1, 0.15) is 64.2 Å². The van der Waals surface area contributed by atoms with E-state index in [0.29, 0.717) is 22.8 Å². The van der Waals surface area contributed by atoms with Crippen molar-refractivity contribution in [3.05, 3.63) is 0 Å². The lowest BCUT2D eigenvalue weighted by Crippen LogP contribution is -2.46. The van der Waals surface area contributed by atoms with Crippen LogP contribution in [0.25, 0.3) is 0 Å². The van der Waals surface area contributed by atoms with Crippen LogP contribution in [-0.2, 0) is 4.79 Å². The minimum atomic E-state index is 0.453. The molecule has 3 fully saturated rings. The van der Waals surface area contributed by atoms with E-state index in [1.165, 1.54) is 51.4 Å². The van der Waals surface area contributed by atoms with Crippen LogP contribution in [-0.4, -0.2) is 27.7 Å². The van der Waals surface area contributed by atoms with Crippen molar-refractivity contribution >= 4 is 21.8 Å². The zero-order valence-electron chi connectivity index (χ0n) is 11.1. The highest BCUT2D eigenvalue weighted by molar-refractivity contribution is 9.09. The fourth-order valence-corrected chi connectivity index (χ4v) is 5.14. The van der Waals surface area contributed by atoms with Gasteiger partial charge in [-0.1, -0.05) is 41.6 Å². The van der Waals surface area contributed by atoms with E-state index in [1.54, 1.807) is 0 Å². The predicted molar refractivity (Wildman–Crippen MR) is 76.8 cm³/mol. The molecule has 2 unspecified atom stereocenters. The monoisotopic (exact) mass is 313 g/mol. The Balaban J connectivity index is 1.53. The third kappa shape index (κ3) is 2.61. The van der Waals surface area contributed by atoms with Gasteiger partial charge in [-0.25, -0.2) is 0 Å². The third-order valence-corrected chi connectivity index (χ3v) is 5.95. The quantitative estimate of drug-likeness (QED) is 0.724. The summed E-state index contributed by atoms with van der Waals surface area (Å²) in [5.41, 5.74) is 0. The first-order valence-corrected chi connectivity index (χ1v) is 8.61. The summed E-state index contributed by atoms with van der Waals surface area (Å²) < 4.78 is 0. The van der Waals surface area contributed by atoms with Gasteiger partial charge in [-0.15, -0.1) is 0 Å². The second-order valence-corrected chi connectivity index (χ2v) is 7.74. The van der Waals surface area contributed by atoms with Crippen molar-refractivity contribution < 1.29 is 4.79 Å². The Labute approximate surface area is 119 Å². The fraction of sp³-hybridized carbons (Fsp3) is 0.933. The van der Waals surface area contributed by atoms with Gasteiger partial charge >= 0.3 is 0 Å². The second-order valence-electron chi connectivity index (χ2n) is 6.44. The molecule has 2 aliphatic heterocycles. The summed E-state index contributed by atoms with van der Waals surface area (Å²) in [6, 6.07) is 1.09. The number of rotatable bonds is 3. The van der Waals surface area contributed by atoms with E-state index < -0.39 is 0 Å². The molecule has 0 spiro atoms. The van der Waals surface area contributed by atoms with Crippen LogP contribution in [0.2, 0.25) is 0 Å². The van der Waals surface area contributed by atoms with Crippen LogP contribution in [0.4, 0.5) is 0 Å². The number of halogens is 1. The zero-order valence-corrected chi connectivity index (χ0v) is 12.7. The maximum Gasteiger partial charge on any atom is 0.223 e. The first-order valence-electron chi connectivity index (χ1n) is 7.69. The highest BCUT2D eigenvalue weighted by Gasteiger charge is 2.42. The Morgan fingerprint density at radius 2 is 1.67 bits per heavy atom. The molecule has 2 heterocycles. The van der Waals surface area contributed by atoms with Crippen LogP contribution in [0.15, 0.2) is 0 Å². The Hall–Kier alpha value is -0.0500. The number of amides is 1. The maximum atomic E-state index is 12.4. The molecule has 18 heavy (non-hydrogen) atoms. The molecule has 0 aromatic rings. The summed E-state index contributed by atoms with van der Waals surface area (Å²) in [5, 5.41) is 0. The van der Waals surface area contributed by atoms with Gasteiger partial charge in [0.1, 0.15) is 0 Å². The average Bonchev–Trinajstić information content (AvgIpc) is 2.94. The van der Waals surface area contributed by atoms with Crippen molar-refractivity contribution in [2.75, 3.05) is 0 Å². The summed E-state index contributed by atoms with van der Waals surface area (Å²) in [6.07, 6.45) is 12.3. The van der Waals surface area contributed by atoms with Crippen LogP contribution in [0, 0.1) is 5.92 Å². The lowest BCUT2D eigenvalue weighted by Gasteiger charge is -2.37. The van der Waals surface area contributed by atoms with Crippen molar-refractivity contribution in [1.29, 1.82) is 0 Å². The number of fused-ring (bicyclic) bond motifs is 2. The lowest BCUT2D eigenvalue weighted by molar-refractivity contribution is -0.135. The normalized spacial score (nSPS) is 36.3. The molecule has 1 amide bonds. The Kier molecular flexibility index (Phi) is 3.97.